The molecular weight excluding hydrogens is 501 g/mol. The first-order valence-corrected chi connectivity index (χ1v) is 13.2. The van der Waals surface area contributed by atoms with E-state index in [1.807, 2.05) is 0 Å². The molecule has 1 unspecified atom stereocenters. The minimum absolute atomic E-state index is 0.0838. The minimum Gasteiger partial charge on any atom is -0.497 e. The second-order valence-electron chi connectivity index (χ2n) is 7.55. The number of hydrogen-bond acceptors (Lipinski definition) is 5. The fourth-order valence-electron chi connectivity index (χ4n) is 3.41. The van der Waals surface area contributed by atoms with Crippen LogP contribution in [0.1, 0.15) is 25.8 Å². The highest BCUT2D eigenvalue weighted by Gasteiger charge is 2.32. The second-order valence-corrected chi connectivity index (χ2v) is 10.3. The molecule has 2 rings (SSSR count). The lowest BCUT2D eigenvalue weighted by Crippen LogP contribution is -2.52. The SMILES string of the molecule is CCNC(=O)C(CC)N(Cc1ccc(OC)cc1)C(=O)CN(c1cc(Cl)ccc1Cl)S(C)(=O)=O. The topological polar surface area (TPSA) is 96.0 Å². The van der Waals surface area contributed by atoms with Gasteiger partial charge in [0, 0.05) is 18.1 Å². The van der Waals surface area contributed by atoms with Crippen LogP contribution in [0.25, 0.3) is 0 Å². The molecule has 0 aliphatic heterocycles. The molecule has 186 valence electrons. The number of carbonyl (C=O) groups is 2. The molecule has 0 heterocycles. The highest BCUT2D eigenvalue weighted by molar-refractivity contribution is 7.92. The lowest BCUT2D eigenvalue weighted by Gasteiger charge is -2.33. The van der Waals surface area contributed by atoms with Gasteiger partial charge in [0.05, 0.1) is 24.1 Å². The Bertz CT molecular complexity index is 1110. The van der Waals surface area contributed by atoms with E-state index in [9.17, 15) is 18.0 Å². The van der Waals surface area contributed by atoms with Crippen molar-refractivity contribution in [3.8, 4) is 5.75 Å². The summed E-state index contributed by atoms with van der Waals surface area (Å²) in [6.07, 6.45) is 1.32. The molecule has 11 heteroatoms. The minimum atomic E-state index is -3.90. The molecule has 1 N–H and O–H groups in total. The van der Waals surface area contributed by atoms with Crippen molar-refractivity contribution in [3.05, 3.63) is 58.1 Å². The highest BCUT2D eigenvalue weighted by Crippen LogP contribution is 2.31. The smallest absolute Gasteiger partial charge is 0.244 e. The van der Waals surface area contributed by atoms with Gasteiger partial charge in [-0.3, -0.25) is 13.9 Å². The molecule has 0 aliphatic carbocycles. The number of anilines is 1. The van der Waals surface area contributed by atoms with Crippen LogP contribution in [0.15, 0.2) is 42.5 Å². The zero-order valence-corrected chi connectivity index (χ0v) is 21.9. The Kier molecular flexibility index (Phi) is 10.0. The van der Waals surface area contributed by atoms with Crippen molar-refractivity contribution in [1.82, 2.24) is 10.2 Å². The number of likely N-dealkylation sites (N-methyl/N-ethyl adjacent to an activating group) is 1. The van der Waals surface area contributed by atoms with Gasteiger partial charge in [-0.05, 0) is 49.2 Å². The van der Waals surface area contributed by atoms with Crippen molar-refractivity contribution in [3.63, 3.8) is 0 Å². The molecular formula is C23H29Cl2N3O5S. The zero-order valence-electron chi connectivity index (χ0n) is 19.5. The van der Waals surface area contributed by atoms with Crippen molar-refractivity contribution in [2.45, 2.75) is 32.9 Å². The van der Waals surface area contributed by atoms with Crippen molar-refractivity contribution in [1.29, 1.82) is 0 Å². The number of nitrogens with zero attached hydrogens (tertiary/aromatic N) is 2. The van der Waals surface area contributed by atoms with Crippen LogP contribution < -0.4 is 14.4 Å². The largest absolute Gasteiger partial charge is 0.497 e. The summed E-state index contributed by atoms with van der Waals surface area (Å²) in [6.45, 7) is 3.51. The number of halogens is 2. The fourth-order valence-corrected chi connectivity index (χ4v) is 4.70. The van der Waals surface area contributed by atoms with Gasteiger partial charge in [-0.1, -0.05) is 42.3 Å². The van der Waals surface area contributed by atoms with Crippen molar-refractivity contribution in [2.24, 2.45) is 0 Å². The van der Waals surface area contributed by atoms with Gasteiger partial charge in [0.15, 0.2) is 0 Å². The molecule has 0 spiro atoms. The molecule has 0 saturated carbocycles. The molecule has 0 fully saturated rings. The Balaban J connectivity index is 2.46. The first-order chi connectivity index (χ1) is 16.0. The van der Waals surface area contributed by atoms with Crippen molar-refractivity contribution in [2.75, 3.05) is 30.8 Å². The van der Waals surface area contributed by atoms with Crippen LogP contribution >= 0.6 is 23.2 Å². The number of amides is 2. The summed E-state index contributed by atoms with van der Waals surface area (Å²) in [6, 6.07) is 10.6. The number of benzene rings is 2. The van der Waals surface area contributed by atoms with Gasteiger partial charge in [0.2, 0.25) is 21.8 Å². The van der Waals surface area contributed by atoms with Gasteiger partial charge < -0.3 is 15.0 Å². The normalized spacial score (nSPS) is 12.1. The Labute approximate surface area is 210 Å². The predicted molar refractivity (Wildman–Crippen MR) is 135 cm³/mol. The second kappa shape index (κ2) is 12.3. The molecule has 2 aromatic rings. The number of carbonyl (C=O) groups excluding carboxylic acids is 2. The maximum Gasteiger partial charge on any atom is 0.244 e. The predicted octanol–water partition coefficient (Wildman–Crippen LogP) is 3.71. The lowest BCUT2D eigenvalue weighted by molar-refractivity contribution is -0.140. The molecule has 0 bridgehead atoms. The standard InChI is InChI=1S/C23H29Cl2N3O5S/c1-5-20(23(30)26-6-2)27(14-16-7-10-18(33-3)11-8-16)22(29)15-28(34(4,31)32)21-13-17(24)9-12-19(21)25/h7-13,20H,5-6,14-15H2,1-4H3,(H,26,30). The zero-order chi connectivity index (χ0) is 25.5. The Morgan fingerprint density at radius 2 is 1.74 bits per heavy atom. The van der Waals surface area contributed by atoms with Crippen LogP contribution in [-0.4, -0.2) is 57.6 Å². The number of ether oxygens (including phenoxy) is 1. The third-order valence-electron chi connectivity index (χ3n) is 5.10. The van der Waals surface area contributed by atoms with Gasteiger partial charge in [0.1, 0.15) is 18.3 Å². The van der Waals surface area contributed by atoms with E-state index < -0.39 is 28.5 Å². The summed E-state index contributed by atoms with van der Waals surface area (Å²) in [5, 5.41) is 3.14. The summed E-state index contributed by atoms with van der Waals surface area (Å²) >= 11 is 12.3. The molecule has 0 saturated heterocycles. The molecule has 2 amide bonds. The molecule has 8 nitrogen and oxygen atoms in total. The molecule has 34 heavy (non-hydrogen) atoms. The first-order valence-electron chi connectivity index (χ1n) is 10.6. The molecule has 1 atom stereocenters. The summed E-state index contributed by atoms with van der Waals surface area (Å²) in [5.41, 5.74) is 0.837. The van der Waals surface area contributed by atoms with E-state index in [2.05, 4.69) is 5.32 Å². The number of sulfonamides is 1. The van der Waals surface area contributed by atoms with Crippen LogP contribution in [0.3, 0.4) is 0 Å². The highest BCUT2D eigenvalue weighted by atomic mass is 35.5. The van der Waals surface area contributed by atoms with E-state index in [1.165, 1.54) is 23.1 Å². The molecule has 2 aromatic carbocycles. The third-order valence-corrected chi connectivity index (χ3v) is 6.79. The van der Waals surface area contributed by atoms with Crippen molar-refractivity contribution < 1.29 is 22.7 Å². The third kappa shape index (κ3) is 7.25. The van der Waals surface area contributed by atoms with Gasteiger partial charge in [-0.25, -0.2) is 8.42 Å². The van der Waals surface area contributed by atoms with Gasteiger partial charge in [-0.15, -0.1) is 0 Å². The van der Waals surface area contributed by atoms with Crippen LogP contribution in [0, 0.1) is 0 Å². The summed E-state index contributed by atoms with van der Waals surface area (Å²) < 4.78 is 31.3. The van der Waals surface area contributed by atoms with Crippen LogP contribution in [0.5, 0.6) is 5.75 Å². The molecule has 0 radical (unpaired) electrons. The molecule has 0 aromatic heterocycles. The van der Waals surface area contributed by atoms with E-state index in [-0.39, 0.29) is 28.2 Å². The average molecular weight is 530 g/mol. The summed E-state index contributed by atoms with van der Waals surface area (Å²) in [5.74, 6) is -0.231. The van der Waals surface area contributed by atoms with E-state index in [1.54, 1.807) is 45.2 Å². The van der Waals surface area contributed by atoms with E-state index in [0.29, 0.717) is 18.7 Å². The Hall–Kier alpha value is -2.49. The van der Waals surface area contributed by atoms with Crippen LogP contribution in [0.4, 0.5) is 5.69 Å². The number of nitrogens with one attached hydrogen (secondary N) is 1. The van der Waals surface area contributed by atoms with Gasteiger partial charge in [0.25, 0.3) is 0 Å². The van der Waals surface area contributed by atoms with Gasteiger partial charge >= 0.3 is 0 Å². The van der Waals surface area contributed by atoms with Crippen LogP contribution in [0.2, 0.25) is 10.0 Å². The van der Waals surface area contributed by atoms with Crippen LogP contribution in [-0.2, 0) is 26.2 Å². The van der Waals surface area contributed by atoms with Crippen molar-refractivity contribution >= 4 is 50.7 Å². The van der Waals surface area contributed by atoms with Gasteiger partial charge in [-0.2, -0.15) is 0 Å². The first kappa shape index (κ1) is 27.8. The average Bonchev–Trinajstić information content (AvgIpc) is 2.78. The number of rotatable bonds is 11. The van der Waals surface area contributed by atoms with E-state index in [0.717, 1.165) is 16.1 Å². The Morgan fingerprint density at radius 3 is 2.26 bits per heavy atom. The number of methoxy groups -OCH3 is 1. The quantitative estimate of drug-likeness (QED) is 0.478. The fraction of sp³-hybridized carbons (Fsp3) is 0.391. The summed E-state index contributed by atoms with van der Waals surface area (Å²) in [4.78, 5) is 27.7. The molecule has 0 aliphatic rings. The monoisotopic (exact) mass is 529 g/mol. The van der Waals surface area contributed by atoms with E-state index in [4.69, 9.17) is 27.9 Å². The number of hydrogen-bond donors (Lipinski definition) is 1. The summed E-state index contributed by atoms with van der Waals surface area (Å²) in [7, 11) is -2.36. The van der Waals surface area contributed by atoms with E-state index >= 15 is 0 Å². The lowest BCUT2D eigenvalue weighted by atomic mass is 10.1. The maximum absolute atomic E-state index is 13.5. The maximum atomic E-state index is 13.5. The Morgan fingerprint density at radius 1 is 1.09 bits per heavy atom.